The molecule has 33 heavy (non-hydrogen) atoms. The first kappa shape index (κ1) is 20.7. The van der Waals surface area contributed by atoms with Gasteiger partial charge in [-0.3, -0.25) is 4.79 Å². The number of para-hydroxylation sites is 1. The lowest BCUT2D eigenvalue weighted by Crippen LogP contribution is -2.22. The molecule has 1 N–H and O–H groups in total. The average molecular weight is 454 g/mol. The van der Waals surface area contributed by atoms with E-state index in [4.69, 9.17) is 4.74 Å². The van der Waals surface area contributed by atoms with Crippen LogP contribution < -0.4 is 5.32 Å². The first-order chi connectivity index (χ1) is 16.2. The molecule has 1 amide bonds. The zero-order valence-electron chi connectivity index (χ0n) is 17.5. The predicted molar refractivity (Wildman–Crippen MR) is 130 cm³/mol. The van der Waals surface area contributed by atoms with Crippen molar-refractivity contribution in [2.24, 2.45) is 0 Å². The van der Waals surface area contributed by atoms with Crippen LogP contribution in [0, 0.1) is 0 Å². The van der Waals surface area contributed by atoms with Gasteiger partial charge in [-0.15, -0.1) is 11.3 Å². The molecule has 0 aliphatic carbocycles. The van der Waals surface area contributed by atoms with Crippen LogP contribution in [0.15, 0.2) is 96.4 Å². The summed E-state index contributed by atoms with van der Waals surface area (Å²) in [5.74, 6) is -1.04. The van der Waals surface area contributed by atoms with Gasteiger partial charge in [0.15, 0.2) is 12.3 Å². The van der Waals surface area contributed by atoms with Crippen molar-refractivity contribution in [3.8, 4) is 16.3 Å². The molecule has 0 aliphatic rings. The van der Waals surface area contributed by atoms with Gasteiger partial charge in [0.05, 0.1) is 10.6 Å². The largest absolute Gasteiger partial charge is 0.451 e. The smallest absolute Gasteiger partial charge is 0.357 e. The molecule has 6 nitrogen and oxygen atoms in total. The van der Waals surface area contributed by atoms with Crippen LogP contribution >= 0.6 is 11.3 Å². The van der Waals surface area contributed by atoms with Gasteiger partial charge in [0.1, 0.15) is 5.69 Å². The first-order valence-corrected chi connectivity index (χ1v) is 11.2. The predicted octanol–water partition coefficient (Wildman–Crippen LogP) is 5.55. The van der Waals surface area contributed by atoms with E-state index in [0.29, 0.717) is 11.4 Å². The van der Waals surface area contributed by atoms with Crippen LogP contribution in [0.3, 0.4) is 0 Å². The number of esters is 1. The van der Waals surface area contributed by atoms with E-state index < -0.39 is 18.5 Å². The van der Waals surface area contributed by atoms with Crippen molar-refractivity contribution < 1.29 is 14.3 Å². The summed E-state index contributed by atoms with van der Waals surface area (Å²) < 4.78 is 6.87. The molecule has 0 bridgehead atoms. The van der Waals surface area contributed by atoms with Crippen molar-refractivity contribution in [2.45, 2.75) is 0 Å². The highest BCUT2D eigenvalue weighted by molar-refractivity contribution is 7.13. The second-order valence-corrected chi connectivity index (χ2v) is 8.27. The summed E-state index contributed by atoms with van der Waals surface area (Å²) in [6.45, 7) is -0.403. The number of nitrogens with zero attached hydrogens (tertiary/aromatic N) is 2. The standard InChI is InChI=1S/C26H19N3O3S/c30-25(27-20-13-12-18-7-4-5-8-19(18)15-20)17-32-26(31)23-16-22(24-11-6-14-33-24)28-29(23)21-9-2-1-3-10-21/h1-16H,17H2,(H,27,30). The number of hydrogen-bond acceptors (Lipinski definition) is 5. The van der Waals surface area contributed by atoms with E-state index in [1.165, 1.54) is 11.3 Å². The minimum atomic E-state index is -0.622. The zero-order valence-corrected chi connectivity index (χ0v) is 18.3. The minimum absolute atomic E-state index is 0.253. The van der Waals surface area contributed by atoms with Gasteiger partial charge in [0, 0.05) is 11.8 Å². The van der Waals surface area contributed by atoms with Crippen LogP contribution in [0.1, 0.15) is 10.5 Å². The number of aromatic nitrogens is 2. The van der Waals surface area contributed by atoms with Crippen LogP contribution in [0.25, 0.3) is 27.0 Å². The Kier molecular flexibility index (Phi) is 5.70. The summed E-state index contributed by atoms with van der Waals surface area (Å²) in [7, 11) is 0. The molecule has 2 aromatic heterocycles. The minimum Gasteiger partial charge on any atom is -0.451 e. The molecule has 0 spiro atoms. The Hall–Kier alpha value is -4.23. The normalized spacial score (nSPS) is 10.8. The highest BCUT2D eigenvalue weighted by Crippen LogP contribution is 2.26. The van der Waals surface area contributed by atoms with Crippen LogP contribution in [0.5, 0.6) is 0 Å². The van der Waals surface area contributed by atoms with Crippen LogP contribution in [0.4, 0.5) is 5.69 Å². The van der Waals surface area contributed by atoms with Gasteiger partial charge < -0.3 is 10.1 Å². The SMILES string of the molecule is O=C(COC(=O)c1cc(-c2cccs2)nn1-c1ccccc1)Nc1ccc2ccccc2c1. The molecular formula is C26H19N3O3S. The summed E-state index contributed by atoms with van der Waals surface area (Å²) in [6, 6.07) is 28.4. The second-order valence-electron chi connectivity index (χ2n) is 7.33. The first-order valence-electron chi connectivity index (χ1n) is 10.3. The fourth-order valence-electron chi connectivity index (χ4n) is 3.51. The fraction of sp³-hybridized carbons (Fsp3) is 0.0385. The molecule has 0 radical (unpaired) electrons. The number of thiophene rings is 1. The topological polar surface area (TPSA) is 73.2 Å². The third kappa shape index (κ3) is 4.53. The molecule has 2 heterocycles. The Bertz CT molecular complexity index is 1430. The van der Waals surface area contributed by atoms with E-state index >= 15 is 0 Å². The van der Waals surface area contributed by atoms with Crippen molar-refractivity contribution in [2.75, 3.05) is 11.9 Å². The van der Waals surface area contributed by atoms with Gasteiger partial charge in [0.25, 0.3) is 5.91 Å². The second kappa shape index (κ2) is 9.10. The Morgan fingerprint density at radius 2 is 1.67 bits per heavy atom. The van der Waals surface area contributed by atoms with Gasteiger partial charge in [-0.1, -0.05) is 54.6 Å². The third-order valence-electron chi connectivity index (χ3n) is 5.06. The Balaban J connectivity index is 1.32. The number of ether oxygens (including phenoxy) is 1. The number of amides is 1. The molecule has 7 heteroatoms. The van der Waals surface area contributed by atoms with E-state index in [0.717, 1.165) is 21.3 Å². The van der Waals surface area contributed by atoms with E-state index in [-0.39, 0.29) is 5.69 Å². The van der Waals surface area contributed by atoms with E-state index in [1.807, 2.05) is 90.3 Å². The Morgan fingerprint density at radius 1 is 0.879 bits per heavy atom. The van der Waals surface area contributed by atoms with Gasteiger partial charge in [0.2, 0.25) is 0 Å². The monoisotopic (exact) mass is 453 g/mol. The quantitative estimate of drug-likeness (QED) is 0.342. The Labute approximate surface area is 194 Å². The third-order valence-corrected chi connectivity index (χ3v) is 5.95. The molecular weight excluding hydrogens is 434 g/mol. The maximum absolute atomic E-state index is 12.9. The lowest BCUT2D eigenvalue weighted by Gasteiger charge is -2.09. The van der Waals surface area contributed by atoms with E-state index in [9.17, 15) is 9.59 Å². The maximum Gasteiger partial charge on any atom is 0.357 e. The highest BCUT2D eigenvalue weighted by atomic mass is 32.1. The summed E-state index contributed by atoms with van der Waals surface area (Å²) in [6.07, 6.45) is 0. The van der Waals surface area contributed by atoms with Gasteiger partial charge >= 0.3 is 5.97 Å². The lowest BCUT2D eigenvalue weighted by molar-refractivity contribution is -0.119. The molecule has 0 fully saturated rings. The zero-order chi connectivity index (χ0) is 22.6. The molecule has 0 saturated heterocycles. The van der Waals surface area contributed by atoms with Crippen molar-refractivity contribution in [1.82, 2.24) is 9.78 Å². The lowest BCUT2D eigenvalue weighted by atomic mass is 10.1. The van der Waals surface area contributed by atoms with E-state index in [2.05, 4.69) is 10.4 Å². The molecule has 162 valence electrons. The van der Waals surface area contributed by atoms with Crippen molar-refractivity contribution >= 4 is 39.7 Å². The molecule has 5 rings (SSSR count). The number of carbonyl (C=O) groups excluding carboxylic acids is 2. The average Bonchev–Trinajstić information content (AvgIpc) is 3.53. The van der Waals surface area contributed by atoms with Gasteiger partial charge in [-0.05, 0) is 46.5 Å². The molecule has 5 aromatic rings. The summed E-state index contributed by atoms with van der Waals surface area (Å²) in [5, 5.41) is 11.4. The van der Waals surface area contributed by atoms with Crippen molar-refractivity contribution in [3.05, 3.63) is 102 Å². The fourth-order valence-corrected chi connectivity index (χ4v) is 4.19. The van der Waals surface area contributed by atoms with E-state index in [1.54, 1.807) is 10.7 Å². The number of carbonyl (C=O) groups is 2. The maximum atomic E-state index is 12.9. The summed E-state index contributed by atoms with van der Waals surface area (Å²) in [5.41, 5.74) is 2.29. The number of rotatable bonds is 6. The Morgan fingerprint density at radius 3 is 2.45 bits per heavy atom. The molecule has 0 atom stereocenters. The molecule has 0 unspecified atom stereocenters. The summed E-state index contributed by atoms with van der Waals surface area (Å²) >= 11 is 1.53. The van der Waals surface area contributed by atoms with Crippen LogP contribution in [-0.4, -0.2) is 28.3 Å². The number of nitrogens with one attached hydrogen (secondary N) is 1. The van der Waals surface area contributed by atoms with Crippen molar-refractivity contribution in [3.63, 3.8) is 0 Å². The van der Waals surface area contributed by atoms with Gasteiger partial charge in [-0.2, -0.15) is 5.10 Å². The molecule has 3 aromatic carbocycles. The van der Waals surface area contributed by atoms with Crippen molar-refractivity contribution in [1.29, 1.82) is 0 Å². The number of hydrogen-bond donors (Lipinski definition) is 1. The highest BCUT2D eigenvalue weighted by Gasteiger charge is 2.20. The number of anilines is 1. The summed E-state index contributed by atoms with van der Waals surface area (Å²) in [4.78, 5) is 26.3. The van der Waals surface area contributed by atoms with Crippen LogP contribution in [0.2, 0.25) is 0 Å². The number of fused-ring (bicyclic) bond motifs is 1. The van der Waals surface area contributed by atoms with Gasteiger partial charge in [-0.25, -0.2) is 9.48 Å². The molecule has 0 saturated carbocycles. The number of benzene rings is 3. The molecule has 0 aliphatic heterocycles. The van der Waals surface area contributed by atoms with Crippen LogP contribution in [-0.2, 0) is 9.53 Å².